The van der Waals surface area contributed by atoms with Crippen LogP contribution in [0.5, 0.6) is 0 Å². The molecule has 0 radical (unpaired) electrons. The van der Waals surface area contributed by atoms with Crippen LogP contribution in [-0.4, -0.2) is 15.8 Å². The van der Waals surface area contributed by atoms with E-state index in [1.54, 1.807) is 0 Å². The number of hydrogen-bond acceptors (Lipinski definition) is 4. The molecule has 1 N–H and O–H groups in total. The number of carbonyl (C=O) groups is 1. The zero-order valence-corrected chi connectivity index (χ0v) is 10.9. The van der Waals surface area contributed by atoms with Crippen molar-refractivity contribution in [3.05, 3.63) is 62.9 Å². The number of nitro groups is 1. The van der Waals surface area contributed by atoms with Gasteiger partial charge in [-0.3, -0.25) is 19.9 Å². The largest absolute Gasteiger partial charge is 0.319 e. The minimum atomic E-state index is -1.43. The number of hydrogen-bond donors (Lipinski definition) is 1. The Morgan fingerprint density at radius 3 is 2.71 bits per heavy atom. The number of nitro benzene ring substituents is 1. The number of aromatic nitrogens is 1. The highest BCUT2D eigenvalue weighted by Gasteiger charge is 2.24. The quantitative estimate of drug-likeness (QED) is 0.696. The molecule has 0 aliphatic heterocycles. The van der Waals surface area contributed by atoms with Crippen molar-refractivity contribution in [1.82, 2.24) is 4.98 Å². The SMILES string of the molecule is O=C(Nc1cnccc1Cl)c1cc(F)cc([N+](=O)[O-])c1F. The van der Waals surface area contributed by atoms with Gasteiger partial charge in [0.1, 0.15) is 5.82 Å². The van der Waals surface area contributed by atoms with Crippen molar-refractivity contribution in [1.29, 1.82) is 0 Å². The van der Waals surface area contributed by atoms with Gasteiger partial charge in [-0.05, 0) is 12.1 Å². The molecule has 0 spiro atoms. The van der Waals surface area contributed by atoms with Gasteiger partial charge in [0, 0.05) is 6.20 Å². The summed E-state index contributed by atoms with van der Waals surface area (Å²) in [7, 11) is 0. The number of pyridine rings is 1. The first-order valence-corrected chi connectivity index (χ1v) is 5.82. The van der Waals surface area contributed by atoms with E-state index in [4.69, 9.17) is 11.6 Å². The summed E-state index contributed by atoms with van der Waals surface area (Å²) in [4.78, 5) is 25.1. The summed E-state index contributed by atoms with van der Waals surface area (Å²) in [5, 5.41) is 12.9. The van der Waals surface area contributed by atoms with Crippen LogP contribution in [0.3, 0.4) is 0 Å². The van der Waals surface area contributed by atoms with E-state index in [0.29, 0.717) is 12.1 Å². The maximum absolute atomic E-state index is 13.8. The van der Waals surface area contributed by atoms with Crippen LogP contribution in [0.4, 0.5) is 20.2 Å². The summed E-state index contributed by atoms with van der Waals surface area (Å²) >= 11 is 5.78. The lowest BCUT2D eigenvalue weighted by Gasteiger charge is -2.07. The van der Waals surface area contributed by atoms with Gasteiger partial charge in [-0.25, -0.2) is 4.39 Å². The lowest BCUT2D eigenvalue weighted by atomic mass is 10.1. The van der Waals surface area contributed by atoms with Crippen LogP contribution in [0.1, 0.15) is 10.4 Å². The fourth-order valence-corrected chi connectivity index (χ4v) is 1.68. The van der Waals surface area contributed by atoms with Crippen molar-refractivity contribution in [2.45, 2.75) is 0 Å². The van der Waals surface area contributed by atoms with Crippen LogP contribution in [0.2, 0.25) is 5.02 Å². The molecule has 0 atom stereocenters. The number of nitrogens with zero attached hydrogens (tertiary/aromatic N) is 2. The van der Waals surface area contributed by atoms with E-state index in [1.165, 1.54) is 18.5 Å². The minimum Gasteiger partial charge on any atom is -0.319 e. The van der Waals surface area contributed by atoms with E-state index in [2.05, 4.69) is 10.3 Å². The van der Waals surface area contributed by atoms with Gasteiger partial charge in [0.2, 0.25) is 5.82 Å². The molecule has 2 rings (SSSR count). The maximum atomic E-state index is 13.8. The molecule has 0 unspecified atom stereocenters. The second-order valence-corrected chi connectivity index (χ2v) is 4.26. The average molecular weight is 314 g/mol. The molecule has 108 valence electrons. The number of amides is 1. The summed E-state index contributed by atoms with van der Waals surface area (Å²) in [6, 6.07) is 2.33. The van der Waals surface area contributed by atoms with Gasteiger partial charge in [-0.15, -0.1) is 0 Å². The maximum Gasteiger partial charge on any atom is 0.308 e. The number of halogens is 3. The Kier molecular flexibility index (Phi) is 4.08. The minimum absolute atomic E-state index is 0.0653. The van der Waals surface area contributed by atoms with E-state index in [9.17, 15) is 23.7 Å². The van der Waals surface area contributed by atoms with Crippen LogP contribution in [0.15, 0.2) is 30.6 Å². The van der Waals surface area contributed by atoms with Gasteiger partial charge in [0.05, 0.1) is 33.5 Å². The van der Waals surface area contributed by atoms with Crippen LogP contribution in [-0.2, 0) is 0 Å². The van der Waals surface area contributed by atoms with Gasteiger partial charge in [-0.1, -0.05) is 11.6 Å². The van der Waals surface area contributed by atoms with Crippen molar-refractivity contribution >= 4 is 28.9 Å². The van der Waals surface area contributed by atoms with Gasteiger partial charge in [0.15, 0.2) is 0 Å². The molecule has 2 aromatic rings. The highest BCUT2D eigenvalue weighted by Crippen LogP contribution is 2.25. The van der Waals surface area contributed by atoms with E-state index >= 15 is 0 Å². The standard InChI is InChI=1S/C12H6ClF2N3O3/c13-8-1-2-16-5-9(8)17-12(19)7-3-6(14)4-10(11(7)15)18(20)21/h1-5H,(H,17,19). The van der Waals surface area contributed by atoms with Crippen molar-refractivity contribution in [3.63, 3.8) is 0 Å². The second-order valence-electron chi connectivity index (χ2n) is 3.85. The summed E-state index contributed by atoms with van der Waals surface area (Å²) < 4.78 is 27.1. The lowest BCUT2D eigenvalue weighted by molar-refractivity contribution is -0.387. The number of anilines is 1. The zero-order chi connectivity index (χ0) is 15.6. The molecule has 6 nitrogen and oxygen atoms in total. The Bertz CT molecular complexity index is 740. The van der Waals surface area contributed by atoms with Crippen molar-refractivity contribution in [2.75, 3.05) is 5.32 Å². The Labute approximate surface area is 121 Å². The molecule has 0 fully saturated rings. The molecular weight excluding hydrogens is 308 g/mol. The molecule has 1 aromatic heterocycles. The highest BCUT2D eigenvalue weighted by atomic mass is 35.5. The van der Waals surface area contributed by atoms with Crippen LogP contribution < -0.4 is 5.32 Å². The first-order valence-electron chi connectivity index (χ1n) is 5.44. The first-order chi connectivity index (χ1) is 9.90. The molecule has 1 amide bonds. The van der Waals surface area contributed by atoms with Crippen LogP contribution in [0.25, 0.3) is 0 Å². The molecule has 9 heteroatoms. The van der Waals surface area contributed by atoms with Gasteiger partial charge < -0.3 is 5.32 Å². The number of carbonyl (C=O) groups excluding carboxylic acids is 1. The van der Waals surface area contributed by atoms with Gasteiger partial charge in [0.25, 0.3) is 5.91 Å². The fraction of sp³-hybridized carbons (Fsp3) is 0. The summed E-state index contributed by atoms with van der Waals surface area (Å²) in [6.07, 6.45) is 2.57. The average Bonchev–Trinajstić information content (AvgIpc) is 2.43. The molecule has 0 bridgehead atoms. The van der Waals surface area contributed by atoms with Crippen molar-refractivity contribution in [3.8, 4) is 0 Å². The topological polar surface area (TPSA) is 85.1 Å². The molecule has 0 saturated heterocycles. The summed E-state index contributed by atoms with van der Waals surface area (Å²) in [5.74, 6) is -3.62. The monoisotopic (exact) mass is 313 g/mol. The Hall–Kier alpha value is -2.61. The molecule has 0 aliphatic carbocycles. The second kappa shape index (κ2) is 5.80. The summed E-state index contributed by atoms with van der Waals surface area (Å²) in [6.45, 7) is 0. The third kappa shape index (κ3) is 3.11. The van der Waals surface area contributed by atoms with Gasteiger partial charge >= 0.3 is 5.69 Å². The highest BCUT2D eigenvalue weighted by molar-refractivity contribution is 6.33. The van der Waals surface area contributed by atoms with Crippen LogP contribution >= 0.6 is 11.6 Å². The van der Waals surface area contributed by atoms with E-state index in [-0.39, 0.29) is 10.7 Å². The predicted molar refractivity (Wildman–Crippen MR) is 70.2 cm³/mol. The smallest absolute Gasteiger partial charge is 0.308 e. The lowest BCUT2D eigenvalue weighted by Crippen LogP contribution is -2.15. The van der Waals surface area contributed by atoms with Crippen molar-refractivity contribution < 1.29 is 18.5 Å². The predicted octanol–water partition coefficient (Wildman–Crippen LogP) is 3.17. The van der Waals surface area contributed by atoms with E-state index < -0.39 is 33.7 Å². The molecule has 1 aromatic carbocycles. The third-order valence-corrected chi connectivity index (χ3v) is 2.81. The number of benzene rings is 1. The Morgan fingerprint density at radius 1 is 1.38 bits per heavy atom. The Balaban J connectivity index is 2.40. The molecule has 21 heavy (non-hydrogen) atoms. The normalized spacial score (nSPS) is 10.2. The third-order valence-electron chi connectivity index (χ3n) is 2.48. The number of rotatable bonds is 3. The molecule has 0 saturated carbocycles. The zero-order valence-electron chi connectivity index (χ0n) is 10.1. The number of nitrogens with one attached hydrogen (secondary N) is 1. The summed E-state index contributed by atoms with van der Waals surface area (Å²) in [5.41, 5.74) is -1.87. The Morgan fingerprint density at radius 2 is 2.10 bits per heavy atom. The van der Waals surface area contributed by atoms with Gasteiger partial charge in [-0.2, -0.15) is 4.39 Å². The fourth-order valence-electron chi connectivity index (χ4n) is 1.53. The van der Waals surface area contributed by atoms with E-state index in [1.807, 2.05) is 0 Å². The van der Waals surface area contributed by atoms with Crippen LogP contribution in [0, 0.1) is 21.7 Å². The molecular formula is C12H6ClF2N3O3. The molecule has 0 aliphatic rings. The van der Waals surface area contributed by atoms with Crippen molar-refractivity contribution in [2.24, 2.45) is 0 Å². The molecule has 1 heterocycles. The van der Waals surface area contributed by atoms with E-state index in [0.717, 1.165) is 0 Å². The first kappa shape index (κ1) is 14.8.